The number of ether oxygens (including phenoxy) is 2. The fourth-order valence-corrected chi connectivity index (χ4v) is 4.21. The molecule has 0 spiro atoms. The maximum absolute atomic E-state index is 5.81. The summed E-state index contributed by atoms with van der Waals surface area (Å²) in [5, 5.41) is 3.23. The van der Waals surface area contributed by atoms with Gasteiger partial charge in [0, 0.05) is 22.9 Å². The van der Waals surface area contributed by atoms with Crippen molar-refractivity contribution in [3.8, 4) is 5.75 Å². The summed E-state index contributed by atoms with van der Waals surface area (Å²) in [7, 11) is 0. The summed E-state index contributed by atoms with van der Waals surface area (Å²) in [6.45, 7) is 4.07. The minimum absolute atomic E-state index is 0.502. The molecule has 2 aliphatic heterocycles. The second-order valence-electron chi connectivity index (χ2n) is 7.36. The molecule has 9 heteroatoms. The van der Waals surface area contributed by atoms with Crippen LogP contribution in [0.25, 0.3) is 6.08 Å². The van der Waals surface area contributed by atoms with E-state index in [-0.39, 0.29) is 0 Å². The van der Waals surface area contributed by atoms with E-state index in [1.165, 1.54) is 3.57 Å². The lowest BCUT2D eigenvalue weighted by Gasteiger charge is -2.31. The lowest BCUT2D eigenvalue weighted by atomic mass is 10.2. The summed E-state index contributed by atoms with van der Waals surface area (Å²) in [6.07, 6.45) is 3.87. The number of anilines is 4. The molecule has 2 aromatic carbocycles. The van der Waals surface area contributed by atoms with Gasteiger partial charge in [-0.3, -0.25) is 0 Å². The molecule has 8 nitrogen and oxygen atoms in total. The highest BCUT2D eigenvalue weighted by molar-refractivity contribution is 14.1. The molecule has 0 bridgehead atoms. The largest absolute Gasteiger partial charge is 0.490 e. The highest BCUT2D eigenvalue weighted by Crippen LogP contribution is 2.35. The van der Waals surface area contributed by atoms with Gasteiger partial charge in [0.05, 0.1) is 25.4 Å². The molecule has 1 aromatic heterocycles. The molecule has 0 unspecified atom stereocenters. The van der Waals surface area contributed by atoms with E-state index in [1.54, 1.807) is 0 Å². The van der Waals surface area contributed by atoms with E-state index >= 15 is 0 Å². The fraction of sp³-hybridized carbons (Fsp3) is 0.261. The Morgan fingerprint density at radius 3 is 2.62 bits per heavy atom. The van der Waals surface area contributed by atoms with Gasteiger partial charge in [-0.05, 0) is 58.5 Å². The first kappa shape index (κ1) is 21.0. The topological polar surface area (TPSA) is 75.6 Å². The molecule has 0 amide bonds. The summed E-state index contributed by atoms with van der Waals surface area (Å²) >= 11 is 2.31. The molecule has 1 saturated heterocycles. The zero-order chi connectivity index (χ0) is 21.8. The lowest BCUT2D eigenvalue weighted by Crippen LogP contribution is -2.38. The highest BCUT2D eigenvalue weighted by Gasteiger charge is 2.24. The Balaban J connectivity index is 1.46. The van der Waals surface area contributed by atoms with Gasteiger partial charge in [0.15, 0.2) is 0 Å². The zero-order valence-corrected chi connectivity index (χ0v) is 19.6. The average Bonchev–Trinajstić information content (AvgIpc) is 2.84. The number of fused-ring (bicyclic) bond motifs is 1. The van der Waals surface area contributed by atoms with Crippen LogP contribution >= 0.6 is 22.6 Å². The number of nitrogens with one attached hydrogen (secondary N) is 1. The summed E-state index contributed by atoms with van der Waals surface area (Å²) in [5.74, 6) is 2.58. The molecule has 32 heavy (non-hydrogen) atoms. The van der Waals surface area contributed by atoms with Crippen molar-refractivity contribution >= 4 is 52.2 Å². The minimum atomic E-state index is 0.502. The monoisotopic (exact) mass is 542 g/mol. The van der Waals surface area contributed by atoms with Crippen LogP contribution in [-0.4, -0.2) is 54.4 Å². The molecule has 1 fully saturated rings. The number of hydrogen-bond donors (Lipinski definition) is 1. The number of para-hydroxylation sites is 2. The van der Waals surface area contributed by atoms with Crippen molar-refractivity contribution in [3.05, 3.63) is 63.9 Å². The van der Waals surface area contributed by atoms with E-state index in [9.17, 15) is 0 Å². The van der Waals surface area contributed by atoms with Crippen molar-refractivity contribution in [3.63, 3.8) is 0 Å². The minimum Gasteiger partial charge on any atom is -0.490 e. The predicted octanol–water partition coefficient (Wildman–Crippen LogP) is 3.93. The number of hydrogen-bond acceptors (Lipinski definition) is 8. The quantitative estimate of drug-likeness (QED) is 0.487. The Kier molecular flexibility index (Phi) is 6.35. The van der Waals surface area contributed by atoms with Gasteiger partial charge in [-0.25, -0.2) is 0 Å². The SMILES string of the molecule is Ic1cccc(/C=C/Nc2nc(N3CCOCC3)nc(N3CCOc4ccccc43)n2)c1. The fourth-order valence-electron chi connectivity index (χ4n) is 3.64. The molecule has 164 valence electrons. The van der Waals surface area contributed by atoms with Crippen LogP contribution in [0.2, 0.25) is 0 Å². The molecule has 0 atom stereocenters. The van der Waals surface area contributed by atoms with E-state index in [2.05, 4.69) is 60.9 Å². The van der Waals surface area contributed by atoms with Crippen molar-refractivity contribution in [2.75, 3.05) is 54.6 Å². The number of morpholine rings is 1. The Bertz CT molecular complexity index is 1120. The van der Waals surface area contributed by atoms with Crippen molar-refractivity contribution in [2.45, 2.75) is 0 Å². The van der Waals surface area contributed by atoms with Gasteiger partial charge >= 0.3 is 0 Å². The van der Waals surface area contributed by atoms with Crippen molar-refractivity contribution < 1.29 is 9.47 Å². The van der Waals surface area contributed by atoms with Crippen LogP contribution in [0.5, 0.6) is 5.75 Å². The molecular formula is C23H23IN6O2. The van der Waals surface area contributed by atoms with Gasteiger partial charge in [0.1, 0.15) is 12.4 Å². The Morgan fingerprint density at radius 2 is 1.75 bits per heavy atom. The molecule has 3 heterocycles. The van der Waals surface area contributed by atoms with Gasteiger partial charge in [-0.15, -0.1) is 0 Å². The van der Waals surface area contributed by atoms with Crippen LogP contribution in [0.3, 0.4) is 0 Å². The lowest BCUT2D eigenvalue weighted by molar-refractivity contribution is 0.122. The Hall–Kier alpha value is -2.92. The normalized spacial score (nSPS) is 16.0. The van der Waals surface area contributed by atoms with E-state index in [4.69, 9.17) is 19.4 Å². The third-order valence-electron chi connectivity index (χ3n) is 5.21. The van der Waals surface area contributed by atoms with Crippen LogP contribution < -0.4 is 19.9 Å². The molecule has 2 aliphatic rings. The smallest absolute Gasteiger partial charge is 0.236 e. The number of benzene rings is 2. The van der Waals surface area contributed by atoms with Crippen molar-refractivity contribution in [2.24, 2.45) is 0 Å². The van der Waals surface area contributed by atoms with Crippen LogP contribution in [-0.2, 0) is 4.74 Å². The van der Waals surface area contributed by atoms with Crippen molar-refractivity contribution in [1.29, 1.82) is 0 Å². The highest BCUT2D eigenvalue weighted by atomic mass is 127. The third-order valence-corrected chi connectivity index (χ3v) is 5.88. The molecule has 0 radical (unpaired) electrons. The Morgan fingerprint density at radius 1 is 0.906 bits per heavy atom. The van der Waals surface area contributed by atoms with Gasteiger partial charge in [-0.2, -0.15) is 15.0 Å². The molecule has 0 saturated carbocycles. The maximum atomic E-state index is 5.81. The molecule has 5 rings (SSSR count). The van der Waals surface area contributed by atoms with E-state index < -0.39 is 0 Å². The third kappa shape index (κ3) is 4.78. The summed E-state index contributed by atoms with van der Waals surface area (Å²) in [4.78, 5) is 18.4. The first-order valence-electron chi connectivity index (χ1n) is 10.5. The number of halogens is 1. The first-order chi connectivity index (χ1) is 15.8. The van der Waals surface area contributed by atoms with Gasteiger partial charge in [-0.1, -0.05) is 24.3 Å². The summed E-state index contributed by atoms with van der Waals surface area (Å²) in [5.41, 5.74) is 2.06. The van der Waals surface area contributed by atoms with Crippen molar-refractivity contribution in [1.82, 2.24) is 15.0 Å². The molecule has 1 N–H and O–H groups in total. The summed E-state index contributed by atoms with van der Waals surface area (Å²) < 4.78 is 12.5. The van der Waals surface area contributed by atoms with Crippen LogP contribution in [0, 0.1) is 3.57 Å². The second kappa shape index (κ2) is 9.70. The van der Waals surface area contributed by atoms with E-state index in [0.717, 1.165) is 30.1 Å². The molecular weight excluding hydrogens is 519 g/mol. The van der Waals surface area contributed by atoms with Gasteiger partial charge in [0.25, 0.3) is 0 Å². The average molecular weight is 542 g/mol. The van der Waals surface area contributed by atoms with E-state index in [0.29, 0.717) is 44.2 Å². The van der Waals surface area contributed by atoms with Crippen LogP contribution in [0.1, 0.15) is 5.56 Å². The number of aromatic nitrogens is 3. The van der Waals surface area contributed by atoms with Crippen LogP contribution in [0.4, 0.5) is 23.5 Å². The van der Waals surface area contributed by atoms with E-state index in [1.807, 2.05) is 42.6 Å². The summed E-state index contributed by atoms with van der Waals surface area (Å²) in [6, 6.07) is 16.2. The maximum Gasteiger partial charge on any atom is 0.236 e. The second-order valence-corrected chi connectivity index (χ2v) is 8.60. The predicted molar refractivity (Wildman–Crippen MR) is 134 cm³/mol. The van der Waals surface area contributed by atoms with Gasteiger partial charge in [0.2, 0.25) is 17.8 Å². The number of nitrogens with zero attached hydrogens (tertiary/aromatic N) is 5. The molecule has 3 aromatic rings. The van der Waals surface area contributed by atoms with Gasteiger partial charge < -0.3 is 24.6 Å². The van der Waals surface area contributed by atoms with Crippen LogP contribution in [0.15, 0.2) is 54.7 Å². The Labute approximate surface area is 200 Å². The number of rotatable bonds is 5. The first-order valence-corrected chi connectivity index (χ1v) is 11.6. The standard InChI is InChI=1S/C23H23IN6O2/c24-18-5-3-4-17(16-18)8-9-25-21-26-22(29-10-13-31-14-11-29)28-23(27-21)30-12-15-32-20-7-2-1-6-19(20)30/h1-9,16H,10-15H2,(H,25,26,27,28)/b9-8+. The zero-order valence-electron chi connectivity index (χ0n) is 17.4. The molecule has 0 aliphatic carbocycles.